The molecule has 7 heteroatoms. The zero-order valence-electron chi connectivity index (χ0n) is 23.0. The Labute approximate surface area is 240 Å². The highest BCUT2D eigenvalue weighted by Crippen LogP contribution is 2.40. The first-order chi connectivity index (χ1) is 20.0. The normalized spacial score (nSPS) is 18.9. The fourth-order valence-corrected chi connectivity index (χ4v) is 4.85. The molecule has 41 heavy (non-hydrogen) atoms. The van der Waals surface area contributed by atoms with Gasteiger partial charge in [-0.25, -0.2) is 0 Å². The number of esters is 1. The van der Waals surface area contributed by atoms with Gasteiger partial charge in [0.1, 0.15) is 30.5 Å². The molecule has 0 amide bonds. The van der Waals surface area contributed by atoms with E-state index in [0.717, 1.165) is 11.1 Å². The smallest absolute Gasteiger partial charge is 0.312 e. The molecule has 0 aliphatic carbocycles. The summed E-state index contributed by atoms with van der Waals surface area (Å²) in [6, 6.07) is 34.0. The second-order valence-corrected chi connectivity index (χ2v) is 10.1. The summed E-state index contributed by atoms with van der Waals surface area (Å²) in [7, 11) is 1.60. The molecule has 4 aromatic rings. The Kier molecular flexibility index (Phi) is 9.19. The predicted octanol–water partition coefficient (Wildman–Crippen LogP) is 5.91. The van der Waals surface area contributed by atoms with Gasteiger partial charge in [0, 0.05) is 6.42 Å². The van der Waals surface area contributed by atoms with E-state index in [2.05, 4.69) is 0 Å². The van der Waals surface area contributed by atoms with E-state index in [0.29, 0.717) is 36.0 Å². The summed E-state index contributed by atoms with van der Waals surface area (Å²) in [5.74, 6) is 0.645. The number of ether oxygens (including phenoxy) is 5. The summed E-state index contributed by atoms with van der Waals surface area (Å²) >= 11 is 0. The maximum Gasteiger partial charge on any atom is 0.312 e. The Hall–Kier alpha value is -4.33. The van der Waals surface area contributed by atoms with Gasteiger partial charge in [0.2, 0.25) is 0 Å². The third-order valence-electron chi connectivity index (χ3n) is 7.08. The summed E-state index contributed by atoms with van der Waals surface area (Å²) in [6.07, 6.45) is -0.854. The van der Waals surface area contributed by atoms with E-state index >= 15 is 0 Å². The van der Waals surface area contributed by atoms with Crippen LogP contribution < -0.4 is 14.2 Å². The molecule has 0 spiro atoms. The minimum atomic E-state index is -1.08. The molecule has 1 N–H and O–H groups in total. The first kappa shape index (κ1) is 28.2. The third-order valence-corrected chi connectivity index (χ3v) is 7.08. The third kappa shape index (κ3) is 7.45. The molecule has 0 saturated carbocycles. The minimum absolute atomic E-state index is 0.0727. The van der Waals surface area contributed by atoms with Gasteiger partial charge in [-0.2, -0.15) is 0 Å². The minimum Gasteiger partial charge on any atom is -0.497 e. The average Bonchev–Trinajstić information content (AvgIpc) is 3.36. The average molecular weight is 555 g/mol. The number of aliphatic hydroxyl groups is 1. The van der Waals surface area contributed by atoms with Crippen LogP contribution in [0.25, 0.3) is 0 Å². The molecule has 1 fully saturated rings. The lowest BCUT2D eigenvalue weighted by Crippen LogP contribution is -2.41. The topological polar surface area (TPSA) is 83.5 Å². The Bertz CT molecular complexity index is 1390. The molecule has 1 saturated heterocycles. The van der Waals surface area contributed by atoms with Crippen LogP contribution in [0.15, 0.2) is 109 Å². The van der Waals surface area contributed by atoms with Gasteiger partial charge in [-0.1, -0.05) is 72.8 Å². The van der Waals surface area contributed by atoms with E-state index in [9.17, 15) is 9.90 Å². The highest BCUT2D eigenvalue weighted by molar-refractivity contribution is 5.76. The largest absolute Gasteiger partial charge is 0.497 e. The van der Waals surface area contributed by atoms with Crippen LogP contribution in [0.3, 0.4) is 0 Å². The summed E-state index contributed by atoms with van der Waals surface area (Å²) in [5, 5.41) is 11.3. The maximum absolute atomic E-state index is 13.2. The van der Waals surface area contributed by atoms with Crippen LogP contribution in [0.5, 0.6) is 17.2 Å². The number of methoxy groups -OCH3 is 1. The van der Waals surface area contributed by atoms with Crippen LogP contribution >= 0.6 is 0 Å². The zero-order valence-corrected chi connectivity index (χ0v) is 23.0. The number of hydrogen-bond acceptors (Lipinski definition) is 7. The Morgan fingerprint density at radius 1 is 0.780 bits per heavy atom. The molecular weight excluding hydrogens is 520 g/mol. The van der Waals surface area contributed by atoms with Crippen molar-refractivity contribution in [1.82, 2.24) is 0 Å². The van der Waals surface area contributed by atoms with Gasteiger partial charge in [0.25, 0.3) is 0 Å². The van der Waals surface area contributed by atoms with Crippen LogP contribution in [-0.4, -0.2) is 37.0 Å². The van der Waals surface area contributed by atoms with Crippen molar-refractivity contribution in [2.45, 2.75) is 31.3 Å². The lowest BCUT2D eigenvalue weighted by molar-refractivity contribution is -0.160. The summed E-state index contributed by atoms with van der Waals surface area (Å²) in [5.41, 5.74) is 1.55. The number of hydrogen-bond donors (Lipinski definition) is 1. The van der Waals surface area contributed by atoms with Crippen molar-refractivity contribution in [2.24, 2.45) is 5.92 Å². The summed E-state index contributed by atoms with van der Waals surface area (Å²) in [6.45, 7) is 0.948. The van der Waals surface area contributed by atoms with Gasteiger partial charge in [0.15, 0.2) is 5.60 Å². The van der Waals surface area contributed by atoms with Crippen LogP contribution in [0.4, 0.5) is 0 Å². The molecule has 5 rings (SSSR count). The van der Waals surface area contributed by atoms with Gasteiger partial charge in [-0.05, 0) is 53.1 Å². The summed E-state index contributed by atoms with van der Waals surface area (Å²) in [4.78, 5) is 13.2. The number of benzene rings is 4. The standard InChI is InChI=1S/C34H34O7/c1-37-28-15-17-29(18-16-28)40-24-34(23-38-21-25-9-4-2-5-10-25)20-31(33(36)41-34)32(35)27-13-8-14-30(19-27)39-22-26-11-6-3-7-12-26/h2-19,31-32,35H,20-24H2,1H3. The zero-order chi connectivity index (χ0) is 28.5. The lowest BCUT2D eigenvalue weighted by atomic mass is 9.88. The molecule has 1 aliphatic heterocycles. The Morgan fingerprint density at radius 3 is 2.12 bits per heavy atom. The van der Waals surface area contributed by atoms with E-state index in [1.165, 1.54) is 0 Å². The molecule has 0 bridgehead atoms. The van der Waals surface area contributed by atoms with Crippen molar-refractivity contribution >= 4 is 5.97 Å². The molecule has 4 aromatic carbocycles. The molecule has 1 aliphatic rings. The second-order valence-electron chi connectivity index (χ2n) is 10.1. The highest BCUT2D eigenvalue weighted by atomic mass is 16.6. The summed E-state index contributed by atoms with van der Waals surface area (Å²) < 4.78 is 29.2. The number of carbonyl (C=O) groups is 1. The van der Waals surface area contributed by atoms with Gasteiger partial charge in [-0.3, -0.25) is 4.79 Å². The van der Waals surface area contributed by atoms with Crippen LogP contribution in [0.2, 0.25) is 0 Å². The van der Waals surface area contributed by atoms with Gasteiger partial charge < -0.3 is 28.8 Å². The fraction of sp³-hybridized carbons (Fsp3) is 0.265. The fourth-order valence-electron chi connectivity index (χ4n) is 4.85. The molecule has 3 atom stereocenters. The van der Waals surface area contributed by atoms with Crippen molar-refractivity contribution in [3.05, 3.63) is 126 Å². The van der Waals surface area contributed by atoms with E-state index in [1.807, 2.05) is 72.8 Å². The molecule has 0 radical (unpaired) electrons. The van der Waals surface area contributed by atoms with Gasteiger partial charge in [0.05, 0.1) is 32.3 Å². The van der Waals surface area contributed by atoms with Crippen LogP contribution in [0.1, 0.15) is 29.2 Å². The van der Waals surface area contributed by atoms with Crippen LogP contribution in [0, 0.1) is 5.92 Å². The quantitative estimate of drug-likeness (QED) is 0.206. The van der Waals surface area contributed by atoms with Crippen molar-refractivity contribution in [3.8, 4) is 17.2 Å². The molecule has 0 aromatic heterocycles. The first-order valence-electron chi connectivity index (χ1n) is 13.6. The van der Waals surface area contributed by atoms with Crippen molar-refractivity contribution in [1.29, 1.82) is 0 Å². The number of aliphatic hydroxyl groups excluding tert-OH is 1. The Morgan fingerprint density at radius 2 is 1.44 bits per heavy atom. The van der Waals surface area contributed by atoms with E-state index in [1.54, 1.807) is 43.5 Å². The van der Waals surface area contributed by atoms with E-state index in [-0.39, 0.29) is 19.6 Å². The van der Waals surface area contributed by atoms with Crippen molar-refractivity contribution in [2.75, 3.05) is 20.3 Å². The molecule has 1 heterocycles. The van der Waals surface area contributed by atoms with E-state index in [4.69, 9.17) is 23.7 Å². The monoisotopic (exact) mass is 554 g/mol. The predicted molar refractivity (Wildman–Crippen MR) is 154 cm³/mol. The maximum atomic E-state index is 13.2. The van der Waals surface area contributed by atoms with Crippen molar-refractivity contribution < 1.29 is 33.6 Å². The van der Waals surface area contributed by atoms with Crippen LogP contribution in [-0.2, 0) is 27.5 Å². The van der Waals surface area contributed by atoms with E-state index < -0.39 is 23.6 Å². The van der Waals surface area contributed by atoms with Gasteiger partial charge in [-0.15, -0.1) is 0 Å². The second kappa shape index (κ2) is 13.4. The number of rotatable bonds is 13. The SMILES string of the molecule is COc1ccc(OCC2(COCc3ccccc3)CC(C(O)c3cccc(OCc4ccccc4)c3)C(=O)O2)cc1. The lowest BCUT2D eigenvalue weighted by Gasteiger charge is -2.28. The number of carbonyl (C=O) groups excluding carboxylic acids is 1. The molecule has 7 nitrogen and oxygen atoms in total. The molecule has 3 unspecified atom stereocenters. The Balaban J connectivity index is 1.28. The van der Waals surface area contributed by atoms with Gasteiger partial charge >= 0.3 is 5.97 Å². The molecular formula is C34H34O7. The van der Waals surface area contributed by atoms with Crippen molar-refractivity contribution in [3.63, 3.8) is 0 Å². The first-order valence-corrected chi connectivity index (χ1v) is 13.6. The number of cyclic esters (lactones) is 1. The highest BCUT2D eigenvalue weighted by Gasteiger charge is 2.50. The molecule has 212 valence electrons.